The van der Waals surface area contributed by atoms with Crippen molar-refractivity contribution in [3.8, 4) is 0 Å². The molecule has 2 aliphatic heterocycles. The highest BCUT2D eigenvalue weighted by Gasteiger charge is 2.30. The Hall–Kier alpha value is -3.73. The third kappa shape index (κ3) is 5.72. The monoisotopic (exact) mass is 531 g/mol. The number of amides is 2. The number of hydrazine groups is 1. The molecule has 3 aromatic carbocycles. The lowest BCUT2D eigenvalue weighted by Gasteiger charge is -2.32. The van der Waals surface area contributed by atoms with Gasteiger partial charge in [-0.25, -0.2) is 5.01 Å². The number of benzene rings is 3. The van der Waals surface area contributed by atoms with Crippen LogP contribution in [-0.4, -0.2) is 59.9 Å². The van der Waals surface area contributed by atoms with Crippen molar-refractivity contribution < 1.29 is 14.5 Å². The Morgan fingerprint density at radius 1 is 1.00 bits per heavy atom. The van der Waals surface area contributed by atoms with E-state index in [4.69, 9.17) is 0 Å². The Kier molecular flexibility index (Phi) is 7.73. The minimum absolute atomic E-state index is 0.00308. The van der Waals surface area contributed by atoms with E-state index < -0.39 is 4.92 Å². The molecule has 1 unspecified atom stereocenters. The minimum atomic E-state index is -0.414. The average Bonchev–Trinajstić information content (AvgIpc) is 3.06. The first-order chi connectivity index (χ1) is 18.4. The summed E-state index contributed by atoms with van der Waals surface area (Å²) < 4.78 is 0. The van der Waals surface area contributed by atoms with E-state index in [1.54, 1.807) is 47.0 Å². The fourth-order valence-corrected chi connectivity index (χ4v) is 5.99. The maximum Gasteiger partial charge on any atom is 0.274 e. The van der Waals surface area contributed by atoms with Crippen LogP contribution in [0.2, 0.25) is 0 Å². The van der Waals surface area contributed by atoms with Crippen LogP contribution in [0.15, 0.2) is 77.7 Å². The Morgan fingerprint density at radius 2 is 1.68 bits per heavy atom. The number of carbonyl (C=O) groups is 2. The highest BCUT2D eigenvalue weighted by atomic mass is 32.2. The molecule has 1 N–H and O–H groups in total. The maximum absolute atomic E-state index is 13.5. The highest BCUT2D eigenvalue weighted by Crippen LogP contribution is 2.46. The predicted octanol–water partition coefficient (Wildman–Crippen LogP) is 4.26. The van der Waals surface area contributed by atoms with Gasteiger partial charge in [-0.3, -0.25) is 25.1 Å². The van der Waals surface area contributed by atoms with E-state index in [9.17, 15) is 19.7 Å². The van der Waals surface area contributed by atoms with Crippen LogP contribution in [0.4, 0.5) is 11.4 Å². The smallest absolute Gasteiger partial charge is 0.274 e. The van der Waals surface area contributed by atoms with Crippen molar-refractivity contribution in [1.29, 1.82) is 0 Å². The number of nitrogens with zero attached hydrogens (tertiary/aromatic N) is 4. The van der Waals surface area contributed by atoms with Crippen LogP contribution >= 0.6 is 11.8 Å². The number of fused-ring (bicyclic) bond motifs is 1. The molecule has 38 heavy (non-hydrogen) atoms. The van der Waals surface area contributed by atoms with Crippen molar-refractivity contribution in [1.82, 2.24) is 15.3 Å². The van der Waals surface area contributed by atoms with Gasteiger partial charge in [0.15, 0.2) is 0 Å². The van der Waals surface area contributed by atoms with Gasteiger partial charge in [-0.15, -0.1) is 11.8 Å². The molecular formula is C28H29N5O4S. The number of nitro groups is 1. The lowest BCUT2D eigenvalue weighted by molar-refractivity contribution is -0.385. The predicted molar refractivity (Wildman–Crippen MR) is 147 cm³/mol. The molecule has 0 radical (unpaired) electrons. The zero-order valence-electron chi connectivity index (χ0n) is 21.1. The first-order valence-corrected chi connectivity index (χ1v) is 13.4. The van der Waals surface area contributed by atoms with E-state index in [-0.39, 0.29) is 35.7 Å². The molecule has 0 aromatic heterocycles. The number of para-hydroxylation sites is 2. The first kappa shape index (κ1) is 25.9. The summed E-state index contributed by atoms with van der Waals surface area (Å²) >= 11 is 1.59. The number of nitrogens with one attached hydrogen (secondary N) is 1. The van der Waals surface area contributed by atoms with E-state index in [0.29, 0.717) is 11.1 Å². The van der Waals surface area contributed by atoms with Gasteiger partial charge in [0, 0.05) is 59.9 Å². The van der Waals surface area contributed by atoms with Crippen LogP contribution in [0.25, 0.3) is 0 Å². The number of rotatable bonds is 6. The topological polar surface area (TPSA) is 99.0 Å². The van der Waals surface area contributed by atoms with Gasteiger partial charge in [-0.1, -0.05) is 42.5 Å². The number of hydrogen-bond acceptors (Lipinski definition) is 7. The molecule has 1 fully saturated rings. The Labute approximate surface area is 225 Å². The van der Waals surface area contributed by atoms with Gasteiger partial charge in [0.05, 0.1) is 17.2 Å². The summed E-state index contributed by atoms with van der Waals surface area (Å²) in [6.07, 6.45) is 0.229. The second-order valence-electron chi connectivity index (χ2n) is 9.50. The minimum Gasteiger partial charge on any atom is -0.307 e. The average molecular weight is 532 g/mol. The van der Waals surface area contributed by atoms with E-state index in [1.165, 1.54) is 6.07 Å². The van der Waals surface area contributed by atoms with Gasteiger partial charge in [0.1, 0.15) is 0 Å². The van der Waals surface area contributed by atoms with Gasteiger partial charge < -0.3 is 9.80 Å². The lowest BCUT2D eigenvalue weighted by Crippen LogP contribution is -2.52. The molecule has 0 saturated carbocycles. The van der Waals surface area contributed by atoms with Crippen molar-refractivity contribution >= 4 is 35.0 Å². The Balaban J connectivity index is 1.34. The summed E-state index contributed by atoms with van der Waals surface area (Å²) in [5, 5.41) is 13.3. The summed E-state index contributed by atoms with van der Waals surface area (Å²) in [6.45, 7) is 3.49. The standard InChI is InChI=1S/C28H29N5O4S/c1-30-14-16-31(17-15-30)29-28(35)21-12-10-20(11-13-21)26-18-27(34)32(24-8-4-5-9-25(24)38-26)19-22-6-2-3-7-23(22)33(36)37/h2-13,26H,14-19H2,1H3,(H,29,35). The Bertz CT molecular complexity index is 1340. The summed E-state index contributed by atoms with van der Waals surface area (Å²) in [5.41, 5.74) is 5.72. The van der Waals surface area contributed by atoms with Crippen molar-refractivity contribution in [2.45, 2.75) is 23.1 Å². The molecule has 0 bridgehead atoms. The summed E-state index contributed by atoms with van der Waals surface area (Å²) in [7, 11) is 2.07. The molecule has 3 aromatic rings. The van der Waals surface area contributed by atoms with Crippen LogP contribution in [0, 0.1) is 10.1 Å². The van der Waals surface area contributed by atoms with Gasteiger partial charge in [0.25, 0.3) is 11.6 Å². The van der Waals surface area contributed by atoms with Crippen LogP contribution in [0.1, 0.15) is 33.2 Å². The maximum atomic E-state index is 13.5. The number of anilines is 1. The van der Waals surface area contributed by atoms with Crippen molar-refractivity contribution in [3.63, 3.8) is 0 Å². The number of piperazine rings is 1. The van der Waals surface area contributed by atoms with E-state index in [2.05, 4.69) is 17.4 Å². The quantitative estimate of drug-likeness (QED) is 0.375. The molecule has 0 spiro atoms. The second kappa shape index (κ2) is 11.3. The van der Waals surface area contributed by atoms with Gasteiger partial charge in [-0.05, 0) is 36.9 Å². The summed E-state index contributed by atoms with van der Waals surface area (Å²) in [6, 6.07) is 21.6. The normalized spacial score (nSPS) is 18.5. The molecule has 196 valence electrons. The fourth-order valence-electron chi connectivity index (χ4n) is 4.71. The van der Waals surface area contributed by atoms with Crippen LogP contribution in [-0.2, 0) is 11.3 Å². The second-order valence-corrected chi connectivity index (χ2v) is 10.7. The van der Waals surface area contributed by atoms with Crippen LogP contribution in [0.3, 0.4) is 0 Å². The Morgan fingerprint density at radius 3 is 2.42 bits per heavy atom. The van der Waals surface area contributed by atoms with E-state index >= 15 is 0 Å². The van der Waals surface area contributed by atoms with Crippen molar-refractivity contribution in [2.24, 2.45) is 0 Å². The third-order valence-corrected chi connectivity index (χ3v) is 8.23. The number of thioether (sulfide) groups is 1. The SMILES string of the molecule is CN1CCN(NC(=O)c2ccc(C3CC(=O)N(Cc4ccccc4[N+](=O)[O-])c4ccccc4S3)cc2)CC1. The van der Waals surface area contributed by atoms with Crippen LogP contribution < -0.4 is 10.3 Å². The zero-order chi connectivity index (χ0) is 26.6. The molecule has 10 heteroatoms. The molecule has 2 aliphatic rings. The molecule has 2 heterocycles. The fraction of sp³-hybridized carbons (Fsp3) is 0.286. The van der Waals surface area contributed by atoms with Gasteiger partial charge >= 0.3 is 0 Å². The number of nitro benzene ring substituents is 1. The molecule has 2 amide bonds. The molecule has 1 saturated heterocycles. The molecule has 1 atom stereocenters. The number of carbonyl (C=O) groups excluding carboxylic acids is 2. The van der Waals surface area contributed by atoms with E-state index in [1.807, 2.05) is 41.4 Å². The third-order valence-electron chi connectivity index (χ3n) is 6.91. The van der Waals surface area contributed by atoms with Crippen LogP contribution in [0.5, 0.6) is 0 Å². The lowest BCUT2D eigenvalue weighted by atomic mass is 10.1. The highest BCUT2D eigenvalue weighted by molar-refractivity contribution is 7.99. The van der Waals surface area contributed by atoms with Crippen molar-refractivity contribution in [2.75, 3.05) is 38.1 Å². The molecule has 9 nitrogen and oxygen atoms in total. The molecule has 0 aliphatic carbocycles. The summed E-state index contributed by atoms with van der Waals surface area (Å²) in [5.74, 6) is -0.255. The first-order valence-electron chi connectivity index (χ1n) is 12.5. The number of likely N-dealkylation sites (N-methyl/N-ethyl adjacent to an activating group) is 1. The van der Waals surface area contributed by atoms with Gasteiger partial charge in [-0.2, -0.15) is 0 Å². The molecular weight excluding hydrogens is 502 g/mol. The largest absolute Gasteiger partial charge is 0.307 e. The van der Waals surface area contributed by atoms with Gasteiger partial charge in [0.2, 0.25) is 5.91 Å². The zero-order valence-corrected chi connectivity index (χ0v) is 21.9. The molecule has 5 rings (SSSR count). The van der Waals surface area contributed by atoms with Crippen molar-refractivity contribution in [3.05, 3.63) is 99.6 Å². The van der Waals surface area contributed by atoms with E-state index in [0.717, 1.165) is 42.3 Å². The number of hydrogen-bond donors (Lipinski definition) is 1. The summed E-state index contributed by atoms with van der Waals surface area (Å²) in [4.78, 5) is 42.2.